The highest BCUT2D eigenvalue weighted by atomic mass is 16.7. The van der Waals surface area contributed by atoms with Crippen LogP contribution in [0.25, 0.3) is 0 Å². The van der Waals surface area contributed by atoms with Gasteiger partial charge in [0.05, 0.1) is 5.56 Å². The summed E-state index contributed by atoms with van der Waals surface area (Å²) in [6, 6.07) is 20.5. The summed E-state index contributed by atoms with van der Waals surface area (Å²) in [5.74, 6) is 0.0810. The van der Waals surface area contributed by atoms with Crippen molar-refractivity contribution in [1.29, 1.82) is 0 Å². The Labute approximate surface area is 221 Å². The van der Waals surface area contributed by atoms with E-state index >= 15 is 0 Å². The molecular formula is C30H30O8. The van der Waals surface area contributed by atoms with E-state index in [0.29, 0.717) is 22.3 Å². The molecule has 0 saturated carbocycles. The van der Waals surface area contributed by atoms with Gasteiger partial charge in [0.2, 0.25) is 0 Å². The number of carbonyl (C=O) groups is 3. The molecule has 8 heteroatoms. The number of hydrogen-bond acceptors (Lipinski definition) is 8. The van der Waals surface area contributed by atoms with E-state index in [2.05, 4.69) is 0 Å². The lowest BCUT2D eigenvalue weighted by Gasteiger charge is -2.30. The zero-order chi connectivity index (χ0) is 27.7. The molecular weight excluding hydrogens is 488 g/mol. The number of esters is 1. The molecule has 0 N–H and O–H groups in total. The van der Waals surface area contributed by atoms with E-state index in [9.17, 15) is 14.4 Å². The van der Waals surface area contributed by atoms with Gasteiger partial charge in [0.15, 0.2) is 5.60 Å². The molecule has 1 aliphatic rings. The lowest BCUT2D eigenvalue weighted by atomic mass is 9.80. The highest BCUT2D eigenvalue weighted by Gasteiger charge is 2.48. The Morgan fingerprint density at radius 3 is 1.50 bits per heavy atom. The summed E-state index contributed by atoms with van der Waals surface area (Å²) in [4.78, 5) is 37.1. The molecule has 0 aromatic heterocycles. The van der Waals surface area contributed by atoms with Crippen LogP contribution in [0.4, 0.5) is 9.59 Å². The van der Waals surface area contributed by atoms with Gasteiger partial charge in [-0.05, 0) is 71.9 Å². The van der Waals surface area contributed by atoms with Crippen LogP contribution in [0, 0.1) is 0 Å². The van der Waals surface area contributed by atoms with Crippen molar-refractivity contribution in [3.8, 4) is 11.5 Å². The first-order valence-electron chi connectivity index (χ1n) is 12.1. The molecule has 0 bridgehead atoms. The molecule has 0 saturated heterocycles. The van der Waals surface area contributed by atoms with E-state index in [1.807, 2.05) is 12.1 Å². The Kier molecular flexibility index (Phi) is 6.93. The quantitative estimate of drug-likeness (QED) is 0.212. The minimum atomic E-state index is -1.28. The summed E-state index contributed by atoms with van der Waals surface area (Å²) >= 11 is 0. The molecule has 0 fully saturated rings. The number of benzene rings is 3. The average molecular weight is 519 g/mol. The molecule has 0 amide bonds. The molecule has 3 aromatic rings. The first-order chi connectivity index (χ1) is 17.8. The van der Waals surface area contributed by atoms with Crippen LogP contribution in [-0.4, -0.2) is 29.5 Å². The first-order valence-corrected chi connectivity index (χ1v) is 12.1. The number of rotatable bonds is 4. The van der Waals surface area contributed by atoms with E-state index in [1.54, 1.807) is 102 Å². The van der Waals surface area contributed by atoms with Crippen LogP contribution >= 0.6 is 0 Å². The van der Waals surface area contributed by atoms with Crippen molar-refractivity contribution in [2.45, 2.75) is 58.3 Å². The molecule has 0 atom stereocenters. The second-order valence-electron chi connectivity index (χ2n) is 10.8. The highest BCUT2D eigenvalue weighted by Crippen LogP contribution is 2.47. The Morgan fingerprint density at radius 1 is 0.658 bits per heavy atom. The molecule has 1 heterocycles. The minimum absolute atomic E-state index is 0.275. The van der Waals surface area contributed by atoms with Gasteiger partial charge in [-0.3, -0.25) is 0 Å². The van der Waals surface area contributed by atoms with Gasteiger partial charge in [-0.15, -0.1) is 0 Å². The van der Waals surface area contributed by atoms with Gasteiger partial charge in [-0.25, -0.2) is 14.4 Å². The molecule has 0 radical (unpaired) electrons. The maximum atomic E-state index is 12.9. The lowest BCUT2D eigenvalue weighted by Crippen LogP contribution is -2.29. The van der Waals surface area contributed by atoms with E-state index < -0.39 is 35.1 Å². The molecule has 198 valence electrons. The van der Waals surface area contributed by atoms with Gasteiger partial charge in [-0.2, -0.15) is 0 Å². The third-order valence-electron chi connectivity index (χ3n) is 5.48. The predicted octanol–water partition coefficient (Wildman–Crippen LogP) is 6.78. The molecule has 0 aliphatic carbocycles. The maximum Gasteiger partial charge on any atom is 0.514 e. The number of hydrogen-bond donors (Lipinski definition) is 0. The molecule has 8 nitrogen and oxygen atoms in total. The third kappa shape index (κ3) is 5.80. The largest absolute Gasteiger partial charge is 0.514 e. The molecule has 1 aliphatic heterocycles. The summed E-state index contributed by atoms with van der Waals surface area (Å²) in [5.41, 5.74) is -0.295. The van der Waals surface area contributed by atoms with Gasteiger partial charge < -0.3 is 23.7 Å². The van der Waals surface area contributed by atoms with Crippen molar-refractivity contribution in [3.05, 3.63) is 95.1 Å². The number of carbonyl (C=O) groups excluding carboxylic acids is 3. The van der Waals surface area contributed by atoms with Gasteiger partial charge in [0, 0.05) is 16.7 Å². The van der Waals surface area contributed by atoms with Crippen molar-refractivity contribution in [2.24, 2.45) is 0 Å². The van der Waals surface area contributed by atoms with Crippen LogP contribution in [0.2, 0.25) is 0 Å². The van der Waals surface area contributed by atoms with Crippen LogP contribution < -0.4 is 9.47 Å². The zero-order valence-electron chi connectivity index (χ0n) is 22.2. The molecule has 38 heavy (non-hydrogen) atoms. The van der Waals surface area contributed by atoms with Crippen LogP contribution in [0.3, 0.4) is 0 Å². The van der Waals surface area contributed by atoms with E-state index in [4.69, 9.17) is 23.7 Å². The zero-order valence-corrected chi connectivity index (χ0v) is 22.2. The van der Waals surface area contributed by atoms with Crippen molar-refractivity contribution in [2.75, 3.05) is 0 Å². The smallest absolute Gasteiger partial charge is 0.441 e. The van der Waals surface area contributed by atoms with Gasteiger partial charge in [0.1, 0.15) is 22.7 Å². The van der Waals surface area contributed by atoms with Gasteiger partial charge in [-0.1, -0.05) is 42.5 Å². The lowest BCUT2D eigenvalue weighted by molar-refractivity contribution is 0.0193. The highest BCUT2D eigenvalue weighted by molar-refractivity contribution is 5.96. The molecule has 3 aromatic carbocycles. The second kappa shape index (κ2) is 9.85. The molecule has 4 rings (SSSR count). The number of fused-ring (bicyclic) bond motifs is 1. The van der Waals surface area contributed by atoms with Crippen molar-refractivity contribution in [3.63, 3.8) is 0 Å². The summed E-state index contributed by atoms with van der Waals surface area (Å²) in [5, 5.41) is 0. The van der Waals surface area contributed by atoms with Crippen molar-refractivity contribution in [1.82, 2.24) is 0 Å². The van der Waals surface area contributed by atoms with Crippen molar-refractivity contribution < 1.29 is 38.1 Å². The predicted molar refractivity (Wildman–Crippen MR) is 138 cm³/mol. The summed E-state index contributed by atoms with van der Waals surface area (Å²) in [6.07, 6.45) is -1.64. The Morgan fingerprint density at radius 2 is 1.08 bits per heavy atom. The van der Waals surface area contributed by atoms with Crippen LogP contribution in [-0.2, 0) is 19.8 Å². The standard InChI is InChI=1S/C30H30O8/c1-28(2,3)37-26(32)34-21-15-11-19(12-16-21)30(24-10-8-7-9-23(24)25(31)36-30)20-13-17-22(18-14-20)35-27(33)38-29(4,5)6/h7-18H,1-6H3. The monoisotopic (exact) mass is 518 g/mol. The Balaban J connectivity index is 1.68. The number of ether oxygens (including phenoxy) is 5. The van der Waals surface area contributed by atoms with Gasteiger partial charge >= 0.3 is 18.3 Å². The fourth-order valence-corrected chi connectivity index (χ4v) is 4.06. The van der Waals surface area contributed by atoms with Crippen LogP contribution in [0.15, 0.2) is 72.8 Å². The second-order valence-corrected chi connectivity index (χ2v) is 10.8. The van der Waals surface area contributed by atoms with Crippen LogP contribution in [0.1, 0.15) is 68.6 Å². The molecule has 0 unspecified atom stereocenters. The summed E-state index contributed by atoms with van der Waals surface area (Å²) < 4.78 is 27.1. The summed E-state index contributed by atoms with van der Waals surface area (Å²) in [7, 11) is 0. The fraction of sp³-hybridized carbons (Fsp3) is 0.300. The molecule has 0 spiro atoms. The van der Waals surface area contributed by atoms with Crippen molar-refractivity contribution >= 4 is 18.3 Å². The van der Waals surface area contributed by atoms with Crippen LogP contribution in [0.5, 0.6) is 11.5 Å². The minimum Gasteiger partial charge on any atom is -0.441 e. The summed E-state index contributed by atoms with van der Waals surface area (Å²) in [6.45, 7) is 10.5. The van der Waals surface area contributed by atoms with Gasteiger partial charge in [0.25, 0.3) is 0 Å². The normalized spacial score (nSPS) is 14.2. The fourth-order valence-electron chi connectivity index (χ4n) is 4.06. The maximum absolute atomic E-state index is 12.9. The Hall–Kier alpha value is -4.33. The average Bonchev–Trinajstić information content (AvgIpc) is 3.11. The first kappa shape index (κ1) is 26.7. The Bertz CT molecular complexity index is 1270. The topological polar surface area (TPSA) is 97.4 Å². The number of cyclic esters (lactones) is 1. The van der Waals surface area contributed by atoms with E-state index in [1.165, 1.54) is 0 Å². The SMILES string of the molecule is CC(C)(C)OC(=O)Oc1ccc(C2(c3ccc(OC(=O)OC(C)(C)C)cc3)OC(=O)c3ccccc32)cc1. The van der Waals surface area contributed by atoms with E-state index in [0.717, 1.165) is 0 Å². The third-order valence-corrected chi connectivity index (χ3v) is 5.48. The van der Waals surface area contributed by atoms with E-state index in [-0.39, 0.29) is 11.5 Å².